The van der Waals surface area contributed by atoms with Crippen molar-refractivity contribution in [3.63, 3.8) is 0 Å². The average molecular weight is 221 g/mol. The maximum Gasteiger partial charge on any atom is 0.128 e. The number of rotatable bonds is 1. The fourth-order valence-electron chi connectivity index (χ4n) is 2.23. The zero-order chi connectivity index (χ0) is 11.8. The highest BCUT2D eigenvalue weighted by molar-refractivity contribution is 5.31. The molecule has 16 heavy (non-hydrogen) atoms. The molecule has 0 radical (unpaired) electrons. The van der Waals surface area contributed by atoms with Crippen LogP contribution in [0.3, 0.4) is 0 Å². The van der Waals surface area contributed by atoms with Gasteiger partial charge in [-0.15, -0.1) is 0 Å². The lowest BCUT2D eigenvalue weighted by atomic mass is 9.86. The molecular weight excluding hydrogens is 201 g/mol. The van der Waals surface area contributed by atoms with Gasteiger partial charge in [0.2, 0.25) is 0 Å². The van der Waals surface area contributed by atoms with Crippen molar-refractivity contribution in [2.45, 2.75) is 45.1 Å². The van der Waals surface area contributed by atoms with E-state index in [1.165, 1.54) is 0 Å². The van der Waals surface area contributed by atoms with Crippen LogP contribution in [0.25, 0.3) is 0 Å². The van der Waals surface area contributed by atoms with E-state index in [0.29, 0.717) is 0 Å². The Hall–Kier alpha value is -0.890. The molecule has 1 saturated heterocycles. The van der Waals surface area contributed by atoms with Gasteiger partial charge >= 0.3 is 0 Å². The number of hydrogen-bond acceptors (Lipinski definition) is 1. The Bertz CT molecular complexity index is 373. The summed E-state index contributed by atoms with van der Waals surface area (Å²) in [6.07, 6.45) is 2.19. The van der Waals surface area contributed by atoms with Crippen LogP contribution in [0.15, 0.2) is 18.2 Å². The summed E-state index contributed by atoms with van der Waals surface area (Å²) in [7, 11) is 0. The van der Waals surface area contributed by atoms with Crippen LogP contribution in [0, 0.1) is 5.82 Å². The lowest BCUT2D eigenvalue weighted by Crippen LogP contribution is -2.16. The summed E-state index contributed by atoms with van der Waals surface area (Å²) in [5.41, 5.74) is 1.90. The van der Waals surface area contributed by atoms with Gasteiger partial charge in [0.05, 0.1) is 0 Å². The van der Waals surface area contributed by atoms with Crippen molar-refractivity contribution in [2.75, 3.05) is 6.54 Å². The lowest BCUT2D eigenvalue weighted by Gasteiger charge is -2.21. The third kappa shape index (κ3) is 2.27. The third-order valence-corrected chi connectivity index (χ3v) is 3.30. The van der Waals surface area contributed by atoms with Crippen LogP contribution >= 0.6 is 0 Å². The highest BCUT2D eigenvalue weighted by atomic mass is 19.1. The van der Waals surface area contributed by atoms with Gasteiger partial charge in [0.15, 0.2) is 0 Å². The van der Waals surface area contributed by atoms with E-state index >= 15 is 0 Å². The predicted molar refractivity (Wildman–Crippen MR) is 65.1 cm³/mol. The molecule has 88 valence electrons. The smallest absolute Gasteiger partial charge is 0.128 e. The van der Waals surface area contributed by atoms with E-state index < -0.39 is 0 Å². The van der Waals surface area contributed by atoms with Crippen LogP contribution in [0.2, 0.25) is 0 Å². The van der Waals surface area contributed by atoms with Gasteiger partial charge < -0.3 is 5.32 Å². The number of nitrogens with one attached hydrogen (secondary N) is 1. The van der Waals surface area contributed by atoms with Gasteiger partial charge in [0.25, 0.3) is 0 Å². The van der Waals surface area contributed by atoms with E-state index in [0.717, 1.165) is 30.5 Å². The topological polar surface area (TPSA) is 12.0 Å². The minimum atomic E-state index is -0.0631. The van der Waals surface area contributed by atoms with Crippen LogP contribution < -0.4 is 5.32 Å². The number of hydrogen-bond donors (Lipinski definition) is 1. The molecule has 0 saturated carbocycles. The molecule has 0 spiro atoms. The molecular formula is C14H20FN. The van der Waals surface area contributed by atoms with Crippen molar-refractivity contribution < 1.29 is 4.39 Å². The quantitative estimate of drug-likeness (QED) is 0.764. The summed E-state index contributed by atoms with van der Waals surface area (Å²) in [5, 5.41) is 3.33. The van der Waals surface area contributed by atoms with Crippen molar-refractivity contribution in [3.8, 4) is 0 Å². The van der Waals surface area contributed by atoms with Gasteiger partial charge in [-0.05, 0) is 36.4 Å². The van der Waals surface area contributed by atoms with E-state index in [2.05, 4.69) is 32.2 Å². The minimum absolute atomic E-state index is 0.0163. The number of halogens is 1. The van der Waals surface area contributed by atoms with E-state index in [-0.39, 0.29) is 17.3 Å². The third-order valence-electron chi connectivity index (χ3n) is 3.30. The maximum atomic E-state index is 14.0. The molecule has 0 aromatic heterocycles. The van der Waals surface area contributed by atoms with Crippen LogP contribution in [-0.2, 0) is 5.41 Å². The van der Waals surface area contributed by atoms with Gasteiger partial charge in [0.1, 0.15) is 5.82 Å². The van der Waals surface area contributed by atoms with Crippen molar-refractivity contribution >= 4 is 0 Å². The first kappa shape index (κ1) is 11.6. The van der Waals surface area contributed by atoms with Gasteiger partial charge in [0, 0.05) is 11.6 Å². The summed E-state index contributed by atoms with van der Waals surface area (Å²) in [6, 6.07) is 5.90. The molecule has 1 aliphatic heterocycles. The molecule has 1 aromatic rings. The molecule has 1 N–H and O–H groups in total. The highest BCUT2D eigenvalue weighted by Crippen LogP contribution is 2.29. The molecule has 1 fully saturated rings. The molecule has 2 rings (SSSR count). The van der Waals surface area contributed by atoms with Crippen LogP contribution in [0.4, 0.5) is 4.39 Å². The normalized spacial score (nSPS) is 21.4. The van der Waals surface area contributed by atoms with Crippen LogP contribution in [-0.4, -0.2) is 6.54 Å². The summed E-state index contributed by atoms with van der Waals surface area (Å²) in [5.74, 6) is -0.0631. The summed E-state index contributed by atoms with van der Waals surface area (Å²) in [6.45, 7) is 7.32. The lowest BCUT2D eigenvalue weighted by molar-refractivity contribution is 0.541. The largest absolute Gasteiger partial charge is 0.310 e. The van der Waals surface area contributed by atoms with Crippen LogP contribution in [0.1, 0.15) is 50.8 Å². The monoisotopic (exact) mass is 221 g/mol. The first-order valence-electron chi connectivity index (χ1n) is 6.02. The maximum absolute atomic E-state index is 14.0. The second kappa shape index (κ2) is 4.17. The van der Waals surface area contributed by atoms with Gasteiger partial charge in [-0.2, -0.15) is 0 Å². The van der Waals surface area contributed by atoms with E-state index in [1.807, 2.05) is 6.07 Å². The predicted octanol–water partition coefficient (Wildman–Crippen LogP) is 3.55. The molecule has 1 atom stereocenters. The first-order valence-corrected chi connectivity index (χ1v) is 6.02. The summed E-state index contributed by atoms with van der Waals surface area (Å²) >= 11 is 0. The molecule has 1 unspecified atom stereocenters. The average Bonchev–Trinajstić information content (AvgIpc) is 2.69. The van der Waals surface area contributed by atoms with Crippen molar-refractivity contribution in [1.82, 2.24) is 5.32 Å². The van der Waals surface area contributed by atoms with Gasteiger partial charge in [-0.1, -0.05) is 32.9 Å². The molecule has 1 heterocycles. The second-order valence-corrected chi connectivity index (χ2v) is 5.64. The Morgan fingerprint density at radius 1 is 1.31 bits per heavy atom. The van der Waals surface area contributed by atoms with E-state index in [9.17, 15) is 4.39 Å². The SMILES string of the molecule is CC(C)(C)c1ccc(C2CCCN2)c(F)c1. The van der Waals surface area contributed by atoms with Crippen molar-refractivity contribution in [2.24, 2.45) is 0 Å². The molecule has 1 aliphatic rings. The second-order valence-electron chi connectivity index (χ2n) is 5.64. The fourth-order valence-corrected chi connectivity index (χ4v) is 2.23. The Kier molecular flexibility index (Phi) is 3.02. The highest BCUT2D eigenvalue weighted by Gasteiger charge is 2.21. The fraction of sp³-hybridized carbons (Fsp3) is 0.571. The Balaban J connectivity index is 2.29. The Morgan fingerprint density at radius 2 is 2.06 bits per heavy atom. The molecule has 0 aliphatic carbocycles. The zero-order valence-electron chi connectivity index (χ0n) is 10.3. The molecule has 1 aromatic carbocycles. The summed E-state index contributed by atoms with van der Waals surface area (Å²) < 4.78 is 14.0. The van der Waals surface area contributed by atoms with Crippen LogP contribution in [0.5, 0.6) is 0 Å². The summed E-state index contributed by atoms with van der Waals surface area (Å²) in [4.78, 5) is 0. The van der Waals surface area contributed by atoms with E-state index in [1.54, 1.807) is 6.07 Å². The first-order chi connectivity index (χ1) is 7.48. The zero-order valence-corrected chi connectivity index (χ0v) is 10.3. The number of benzene rings is 1. The Morgan fingerprint density at radius 3 is 2.56 bits per heavy atom. The molecule has 0 bridgehead atoms. The van der Waals surface area contributed by atoms with Gasteiger partial charge in [-0.3, -0.25) is 0 Å². The van der Waals surface area contributed by atoms with E-state index in [4.69, 9.17) is 0 Å². The molecule has 1 nitrogen and oxygen atoms in total. The standard InChI is InChI=1S/C14H20FN/c1-14(2,3)10-6-7-11(12(15)9-10)13-5-4-8-16-13/h6-7,9,13,16H,4-5,8H2,1-3H3. The van der Waals surface area contributed by atoms with Crippen molar-refractivity contribution in [3.05, 3.63) is 35.1 Å². The molecule has 2 heteroatoms. The molecule has 0 amide bonds. The van der Waals surface area contributed by atoms with Crippen molar-refractivity contribution in [1.29, 1.82) is 0 Å². The van der Waals surface area contributed by atoms with Gasteiger partial charge in [-0.25, -0.2) is 4.39 Å². The minimum Gasteiger partial charge on any atom is -0.310 e. The Labute approximate surface area is 97.1 Å².